The van der Waals surface area contributed by atoms with Gasteiger partial charge in [-0.1, -0.05) is 121 Å². The minimum absolute atomic E-state index is 0.641. The molecule has 4 nitrogen and oxygen atoms in total. The van der Waals surface area contributed by atoms with E-state index in [0.717, 1.165) is 50.5 Å². The van der Waals surface area contributed by atoms with Crippen LogP contribution in [0.2, 0.25) is 0 Å². The first-order chi connectivity index (χ1) is 21.3. The molecule has 0 atom stereocenters. The molecule has 0 spiro atoms. The molecule has 2 aromatic heterocycles. The number of rotatable bonds is 4. The Morgan fingerprint density at radius 1 is 0.512 bits per heavy atom. The lowest BCUT2D eigenvalue weighted by molar-refractivity contribution is 1.04. The van der Waals surface area contributed by atoms with Crippen LogP contribution in [0.4, 0.5) is 0 Å². The molecule has 5 aromatic carbocycles. The first-order valence-corrected chi connectivity index (χ1v) is 14.4. The number of hydrogen-bond donors (Lipinski definition) is 0. The second kappa shape index (κ2) is 10.6. The zero-order valence-corrected chi connectivity index (χ0v) is 23.4. The second-order valence-corrected chi connectivity index (χ2v) is 10.7. The number of para-hydroxylation sites is 1. The van der Waals surface area contributed by atoms with Gasteiger partial charge >= 0.3 is 0 Å². The highest BCUT2D eigenvalue weighted by molar-refractivity contribution is 5.94. The summed E-state index contributed by atoms with van der Waals surface area (Å²) in [5.74, 6) is 1.95. The van der Waals surface area contributed by atoms with Gasteiger partial charge in [-0.15, -0.1) is 0 Å². The van der Waals surface area contributed by atoms with Crippen LogP contribution in [0.5, 0.6) is 0 Å². The van der Waals surface area contributed by atoms with Crippen molar-refractivity contribution in [3.8, 4) is 33.9 Å². The summed E-state index contributed by atoms with van der Waals surface area (Å²) in [6.45, 7) is 0. The molecule has 0 saturated heterocycles. The van der Waals surface area contributed by atoms with Crippen molar-refractivity contribution in [2.75, 3.05) is 0 Å². The first-order valence-electron chi connectivity index (χ1n) is 14.4. The van der Waals surface area contributed by atoms with Crippen LogP contribution in [0.1, 0.15) is 17.0 Å². The Labute approximate surface area is 249 Å². The van der Waals surface area contributed by atoms with Crippen LogP contribution in [0.25, 0.3) is 67.2 Å². The van der Waals surface area contributed by atoms with Gasteiger partial charge in [0.15, 0.2) is 17.5 Å². The third-order valence-corrected chi connectivity index (χ3v) is 7.99. The van der Waals surface area contributed by atoms with Gasteiger partial charge in [-0.05, 0) is 52.1 Å². The highest BCUT2D eigenvalue weighted by Crippen LogP contribution is 2.31. The molecule has 2 heterocycles. The second-order valence-electron chi connectivity index (χ2n) is 10.7. The number of allylic oxidation sites excluding steroid dienone is 3. The minimum atomic E-state index is 0.641. The molecule has 0 saturated carbocycles. The van der Waals surface area contributed by atoms with Crippen molar-refractivity contribution < 1.29 is 0 Å². The predicted octanol–water partition coefficient (Wildman–Crippen LogP) is 9.23. The predicted molar refractivity (Wildman–Crippen MR) is 176 cm³/mol. The van der Waals surface area contributed by atoms with E-state index in [-0.39, 0.29) is 0 Å². The maximum atomic E-state index is 5.03. The van der Waals surface area contributed by atoms with E-state index >= 15 is 0 Å². The van der Waals surface area contributed by atoms with Crippen molar-refractivity contribution in [2.24, 2.45) is 0 Å². The molecule has 0 radical (unpaired) electrons. The van der Waals surface area contributed by atoms with Crippen LogP contribution in [0.15, 0.2) is 140 Å². The summed E-state index contributed by atoms with van der Waals surface area (Å²) >= 11 is 0. The zero-order valence-electron chi connectivity index (χ0n) is 23.4. The lowest BCUT2D eigenvalue weighted by Gasteiger charge is -2.11. The fourth-order valence-electron chi connectivity index (χ4n) is 5.76. The zero-order chi connectivity index (χ0) is 28.6. The number of hydrogen-bond acceptors (Lipinski definition) is 4. The van der Waals surface area contributed by atoms with E-state index in [4.69, 9.17) is 15.0 Å². The smallest absolute Gasteiger partial charge is 0.164 e. The Bertz CT molecular complexity index is 2210. The third-order valence-electron chi connectivity index (χ3n) is 7.99. The van der Waals surface area contributed by atoms with Crippen molar-refractivity contribution in [3.63, 3.8) is 0 Å². The van der Waals surface area contributed by atoms with Crippen LogP contribution < -0.4 is 0 Å². The number of aromatic nitrogens is 4. The lowest BCUT2D eigenvalue weighted by Crippen LogP contribution is -2.02. The Hall–Kier alpha value is -5.74. The van der Waals surface area contributed by atoms with E-state index < -0.39 is 0 Å². The van der Waals surface area contributed by atoms with Crippen LogP contribution in [-0.2, 0) is 6.42 Å². The van der Waals surface area contributed by atoms with Gasteiger partial charge in [0.05, 0.1) is 5.52 Å². The summed E-state index contributed by atoms with van der Waals surface area (Å²) in [4.78, 5) is 19.7. The van der Waals surface area contributed by atoms with E-state index in [1.165, 1.54) is 16.5 Å². The van der Waals surface area contributed by atoms with E-state index in [2.05, 4.69) is 138 Å². The molecule has 0 unspecified atom stereocenters. The summed E-state index contributed by atoms with van der Waals surface area (Å²) < 4.78 is 0. The molecule has 202 valence electrons. The minimum Gasteiger partial charge on any atom is -0.256 e. The molecule has 0 fully saturated rings. The van der Waals surface area contributed by atoms with Crippen molar-refractivity contribution in [1.82, 2.24) is 19.9 Å². The third kappa shape index (κ3) is 4.79. The maximum Gasteiger partial charge on any atom is 0.164 e. The van der Waals surface area contributed by atoms with E-state index in [1.807, 2.05) is 12.3 Å². The lowest BCUT2D eigenvalue weighted by atomic mass is 10.0. The molecule has 0 N–H and O–H groups in total. The topological polar surface area (TPSA) is 51.6 Å². The Balaban J connectivity index is 1.26. The number of pyridine rings is 1. The van der Waals surface area contributed by atoms with Crippen molar-refractivity contribution >= 4 is 33.3 Å². The van der Waals surface area contributed by atoms with Gasteiger partial charge in [0.1, 0.15) is 0 Å². The van der Waals surface area contributed by atoms with Gasteiger partial charge < -0.3 is 0 Å². The highest BCUT2D eigenvalue weighted by atomic mass is 15.0. The largest absolute Gasteiger partial charge is 0.256 e. The van der Waals surface area contributed by atoms with Crippen LogP contribution in [0, 0.1) is 0 Å². The Morgan fingerprint density at radius 3 is 2.12 bits per heavy atom. The molecule has 8 rings (SSSR count). The van der Waals surface area contributed by atoms with Crippen molar-refractivity contribution in [3.05, 3.63) is 157 Å². The van der Waals surface area contributed by atoms with Gasteiger partial charge in [0, 0.05) is 33.8 Å². The molecule has 43 heavy (non-hydrogen) atoms. The molecule has 0 aliphatic heterocycles. The first kappa shape index (κ1) is 25.0. The van der Waals surface area contributed by atoms with Gasteiger partial charge in [0.2, 0.25) is 0 Å². The summed E-state index contributed by atoms with van der Waals surface area (Å²) in [7, 11) is 0. The number of benzene rings is 5. The van der Waals surface area contributed by atoms with E-state index in [0.29, 0.717) is 17.5 Å². The average Bonchev–Trinajstić information content (AvgIpc) is 3.30. The van der Waals surface area contributed by atoms with Crippen LogP contribution >= 0.6 is 0 Å². The standard InChI is InChI=1S/C39H26N4/c1-3-10-31-24-33(14-5-12-26(31)8-1)38-41-37(42-39(43-38)34-22-17-27-9-2-4-11-32(27)25-34)30-20-18-28(19-21-30)35-16-6-13-29-15-7-23-40-36(29)35/h1-11,13-25H,12H2. The SMILES string of the molecule is C1=CC(c2nc(-c3ccc(-c4cccc5cccnc45)cc3)nc(-c3ccc4ccccc4c3)n2)=Cc2ccccc2C1. The molecular formula is C39H26N4. The molecular weight excluding hydrogens is 524 g/mol. The molecule has 1 aliphatic carbocycles. The molecule has 0 amide bonds. The van der Waals surface area contributed by atoms with Gasteiger partial charge in [-0.2, -0.15) is 0 Å². The molecule has 0 bridgehead atoms. The number of fused-ring (bicyclic) bond motifs is 3. The Morgan fingerprint density at radius 2 is 1.21 bits per heavy atom. The molecule has 7 aromatic rings. The molecule has 1 aliphatic rings. The van der Waals surface area contributed by atoms with Crippen molar-refractivity contribution in [2.45, 2.75) is 6.42 Å². The van der Waals surface area contributed by atoms with Gasteiger partial charge in [-0.25, -0.2) is 15.0 Å². The summed E-state index contributed by atoms with van der Waals surface area (Å²) in [5.41, 5.74) is 8.52. The van der Waals surface area contributed by atoms with E-state index in [1.54, 1.807) is 0 Å². The highest BCUT2D eigenvalue weighted by Gasteiger charge is 2.15. The number of nitrogens with zero attached hydrogens (tertiary/aromatic N) is 4. The van der Waals surface area contributed by atoms with E-state index in [9.17, 15) is 0 Å². The van der Waals surface area contributed by atoms with Crippen LogP contribution in [0.3, 0.4) is 0 Å². The van der Waals surface area contributed by atoms with Gasteiger partial charge in [-0.3, -0.25) is 4.98 Å². The monoisotopic (exact) mass is 550 g/mol. The van der Waals surface area contributed by atoms with Crippen molar-refractivity contribution in [1.29, 1.82) is 0 Å². The fourth-order valence-corrected chi connectivity index (χ4v) is 5.76. The molecule has 4 heteroatoms. The van der Waals surface area contributed by atoms with Crippen LogP contribution in [-0.4, -0.2) is 19.9 Å². The Kier molecular flexibility index (Phi) is 6.16. The average molecular weight is 551 g/mol. The van der Waals surface area contributed by atoms with Gasteiger partial charge in [0.25, 0.3) is 0 Å². The summed E-state index contributed by atoms with van der Waals surface area (Å²) in [6.07, 6.45) is 9.20. The normalized spacial score (nSPS) is 12.6. The maximum absolute atomic E-state index is 5.03. The summed E-state index contributed by atoms with van der Waals surface area (Å²) in [6, 6.07) is 42.0. The fraction of sp³-hybridized carbons (Fsp3) is 0.0256. The summed E-state index contributed by atoms with van der Waals surface area (Å²) in [5, 5.41) is 3.46. The quantitative estimate of drug-likeness (QED) is 0.219.